The highest BCUT2D eigenvalue weighted by Gasteiger charge is 2.26. The molecule has 2 rings (SSSR count). The zero-order valence-electron chi connectivity index (χ0n) is 10.8. The fourth-order valence-corrected chi connectivity index (χ4v) is 2.50. The summed E-state index contributed by atoms with van der Waals surface area (Å²) in [6.45, 7) is 7.50. The number of nitrogens with two attached hydrogens (primary N) is 1. The van der Waals surface area contributed by atoms with E-state index in [0.717, 1.165) is 25.2 Å². The number of nitro benzene ring substituents is 1. The lowest BCUT2D eigenvalue weighted by molar-refractivity contribution is -0.383. The third-order valence-corrected chi connectivity index (χ3v) is 3.76. The van der Waals surface area contributed by atoms with Crippen molar-refractivity contribution < 1.29 is 4.92 Å². The van der Waals surface area contributed by atoms with Crippen molar-refractivity contribution in [2.75, 3.05) is 18.8 Å². The van der Waals surface area contributed by atoms with Gasteiger partial charge in [-0.25, -0.2) is 0 Å². The number of anilines is 1. The first-order valence-corrected chi connectivity index (χ1v) is 6.22. The standard InChI is InChI=1S/C13H19N3O2/c1-9-6-15(7-10(9)2)8-11-3-4-13(16(17)18)12(14)5-11/h3-5,9-10H,6-8,14H2,1-2H3. The molecular weight excluding hydrogens is 230 g/mol. The molecule has 2 unspecified atom stereocenters. The monoisotopic (exact) mass is 249 g/mol. The maximum Gasteiger partial charge on any atom is 0.292 e. The molecule has 0 aliphatic carbocycles. The van der Waals surface area contributed by atoms with E-state index >= 15 is 0 Å². The Morgan fingerprint density at radius 1 is 1.39 bits per heavy atom. The van der Waals surface area contributed by atoms with E-state index in [9.17, 15) is 10.1 Å². The van der Waals surface area contributed by atoms with Gasteiger partial charge in [-0.15, -0.1) is 0 Å². The van der Waals surface area contributed by atoms with Gasteiger partial charge in [-0.3, -0.25) is 15.0 Å². The summed E-state index contributed by atoms with van der Waals surface area (Å²) in [4.78, 5) is 12.6. The van der Waals surface area contributed by atoms with Crippen LogP contribution >= 0.6 is 0 Å². The van der Waals surface area contributed by atoms with Crippen LogP contribution in [0.3, 0.4) is 0 Å². The summed E-state index contributed by atoms with van der Waals surface area (Å²) >= 11 is 0. The second-order valence-electron chi connectivity index (χ2n) is 5.30. The Balaban J connectivity index is 2.07. The molecule has 2 atom stereocenters. The molecule has 0 radical (unpaired) electrons. The first-order chi connectivity index (χ1) is 8.47. The number of hydrogen-bond acceptors (Lipinski definition) is 4. The Labute approximate surface area is 107 Å². The SMILES string of the molecule is CC1CN(Cc2ccc([N+](=O)[O-])c(N)c2)CC1C. The molecule has 2 N–H and O–H groups in total. The Bertz CT molecular complexity index is 452. The highest BCUT2D eigenvalue weighted by Crippen LogP contribution is 2.26. The van der Waals surface area contributed by atoms with Gasteiger partial charge in [0.15, 0.2) is 0 Å². The Hall–Kier alpha value is -1.62. The minimum atomic E-state index is -0.445. The van der Waals surface area contributed by atoms with Crippen LogP contribution in [0.5, 0.6) is 0 Å². The molecule has 0 saturated carbocycles. The highest BCUT2D eigenvalue weighted by molar-refractivity contribution is 5.59. The van der Waals surface area contributed by atoms with Crippen molar-refractivity contribution in [2.24, 2.45) is 11.8 Å². The molecule has 1 aromatic carbocycles. The van der Waals surface area contributed by atoms with Crippen LogP contribution in [-0.4, -0.2) is 22.9 Å². The second kappa shape index (κ2) is 4.94. The van der Waals surface area contributed by atoms with Crippen molar-refractivity contribution in [3.63, 3.8) is 0 Å². The van der Waals surface area contributed by atoms with Crippen LogP contribution in [0.4, 0.5) is 11.4 Å². The molecule has 1 fully saturated rings. The summed E-state index contributed by atoms with van der Waals surface area (Å²) in [6.07, 6.45) is 0. The van der Waals surface area contributed by atoms with Crippen LogP contribution in [0, 0.1) is 22.0 Å². The van der Waals surface area contributed by atoms with Crippen molar-refractivity contribution >= 4 is 11.4 Å². The largest absolute Gasteiger partial charge is 0.393 e. The van der Waals surface area contributed by atoms with E-state index in [-0.39, 0.29) is 11.4 Å². The average molecular weight is 249 g/mol. The van der Waals surface area contributed by atoms with E-state index in [4.69, 9.17) is 5.73 Å². The molecular formula is C13H19N3O2. The normalized spacial score (nSPS) is 24.3. The van der Waals surface area contributed by atoms with Crippen LogP contribution in [0.15, 0.2) is 18.2 Å². The number of benzene rings is 1. The van der Waals surface area contributed by atoms with Crippen LogP contribution in [-0.2, 0) is 6.54 Å². The summed E-state index contributed by atoms with van der Waals surface area (Å²) < 4.78 is 0. The lowest BCUT2D eigenvalue weighted by Crippen LogP contribution is -2.20. The highest BCUT2D eigenvalue weighted by atomic mass is 16.6. The van der Waals surface area contributed by atoms with Gasteiger partial charge in [0.1, 0.15) is 5.69 Å². The molecule has 1 aliphatic rings. The fraction of sp³-hybridized carbons (Fsp3) is 0.538. The number of nitrogen functional groups attached to an aromatic ring is 1. The van der Waals surface area contributed by atoms with Gasteiger partial charge in [-0.2, -0.15) is 0 Å². The lowest BCUT2D eigenvalue weighted by Gasteiger charge is -2.15. The first-order valence-electron chi connectivity index (χ1n) is 6.22. The number of nitro groups is 1. The zero-order valence-corrected chi connectivity index (χ0v) is 10.8. The van der Waals surface area contributed by atoms with Crippen molar-refractivity contribution in [3.8, 4) is 0 Å². The van der Waals surface area contributed by atoms with E-state index in [1.807, 2.05) is 0 Å². The van der Waals surface area contributed by atoms with Crippen molar-refractivity contribution in [2.45, 2.75) is 20.4 Å². The van der Waals surface area contributed by atoms with E-state index in [0.29, 0.717) is 11.8 Å². The maximum atomic E-state index is 10.7. The van der Waals surface area contributed by atoms with Gasteiger partial charge in [0.25, 0.3) is 5.69 Å². The van der Waals surface area contributed by atoms with Crippen LogP contribution in [0.25, 0.3) is 0 Å². The predicted octanol–water partition coefficient (Wildman–Crippen LogP) is 2.26. The summed E-state index contributed by atoms with van der Waals surface area (Å²) in [6, 6.07) is 5.00. The van der Waals surface area contributed by atoms with Gasteiger partial charge in [-0.1, -0.05) is 19.9 Å². The third kappa shape index (κ3) is 2.61. The molecule has 1 aromatic rings. The molecule has 18 heavy (non-hydrogen) atoms. The summed E-state index contributed by atoms with van der Waals surface area (Å²) in [5, 5.41) is 10.7. The van der Waals surface area contributed by atoms with Crippen molar-refractivity contribution in [3.05, 3.63) is 33.9 Å². The maximum absolute atomic E-state index is 10.7. The number of hydrogen-bond donors (Lipinski definition) is 1. The van der Waals surface area contributed by atoms with E-state index < -0.39 is 4.92 Å². The molecule has 1 aliphatic heterocycles. The van der Waals surface area contributed by atoms with E-state index in [1.54, 1.807) is 12.1 Å². The number of rotatable bonds is 3. The molecule has 0 spiro atoms. The first kappa shape index (κ1) is 12.8. The van der Waals surface area contributed by atoms with E-state index in [2.05, 4.69) is 18.7 Å². The summed E-state index contributed by atoms with van der Waals surface area (Å²) in [5.41, 5.74) is 6.97. The van der Waals surface area contributed by atoms with Gasteiger partial charge < -0.3 is 5.73 Å². The summed E-state index contributed by atoms with van der Waals surface area (Å²) in [7, 11) is 0. The van der Waals surface area contributed by atoms with Gasteiger partial charge >= 0.3 is 0 Å². The minimum Gasteiger partial charge on any atom is -0.393 e. The Morgan fingerprint density at radius 3 is 2.50 bits per heavy atom. The van der Waals surface area contributed by atoms with Crippen LogP contribution < -0.4 is 5.73 Å². The minimum absolute atomic E-state index is 0.0121. The average Bonchev–Trinajstić information content (AvgIpc) is 2.57. The van der Waals surface area contributed by atoms with Gasteiger partial charge in [0.05, 0.1) is 4.92 Å². The third-order valence-electron chi connectivity index (χ3n) is 3.76. The Morgan fingerprint density at radius 2 is 2.00 bits per heavy atom. The summed E-state index contributed by atoms with van der Waals surface area (Å²) in [5.74, 6) is 1.42. The lowest BCUT2D eigenvalue weighted by atomic mass is 10.0. The number of nitrogens with zero attached hydrogens (tertiary/aromatic N) is 2. The van der Waals surface area contributed by atoms with Gasteiger partial charge in [0, 0.05) is 25.7 Å². The van der Waals surface area contributed by atoms with Gasteiger partial charge in [0.2, 0.25) is 0 Å². The van der Waals surface area contributed by atoms with Crippen molar-refractivity contribution in [1.29, 1.82) is 0 Å². The molecule has 1 saturated heterocycles. The quantitative estimate of drug-likeness (QED) is 0.506. The van der Waals surface area contributed by atoms with E-state index in [1.165, 1.54) is 6.07 Å². The van der Waals surface area contributed by atoms with Crippen molar-refractivity contribution in [1.82, 2.24) is 4.90 Å². The predicted molar refractivity (Wildman–Crippen MR) is 71.1 cm³/mol. The van der Waals surface area contributed by atoms with Crippen LogP contribution in [0.1, 0.15) is 19.4 Å². The fourth-order valence-electron chi connectivity index (χ4n) is 2.50. The molecule has 98 valence electrons. The topological polar surface area (TPSA) is 72.4 Å². The molecule has 0 bridgehead atoms. The number of likely N-dealkylation sites (tertiary alicyclic amines) is 1. The zero-order chi connectivity index (χ0) is 13.3. The molecule has 5 heteroatoms. The molecule has 5 nitrogen and oxygen atoms in total. The molecule has 0 amide bonds. The molecule has 1 heterocycles. The smallest absolute Gasteiger partial charge is 0.292 e. The van der Waals surface area contributed by atoms with Crippen LogP contribution in [0.2, 0.25) is 0 Å². The second-order valence-corrected chi connectivity index (χ2v) is 5.30. The Kier molecular flexibility index (Phi) is 3.52. The van der Waals surface area contributed by atoms with Gasteiger partial charge in [-0.05, 0) is 23.5 Å². The molecule has 0 aromatic heterocycles.